The first-order chi connectivity index (χ1) is 37.2. The first kappa shape index (κ1) is 67.1. The second-order valence-corrected chi connectivity index (χ2v) is 20.9. The van der Waals surface area contributed by atoms with Crippen LogP contribution in [0.5, 0.6) is 0 Å². The smallest absolute Gasteiger partial charge is 0.339 e. The normalized spacial score (nSPS) is 50.9. The highest BCUT2D eigenvalue weighted by Gasteiger charge is 3.27. The number of rotatable bonds is 12. The first-order valence-corrected chi connectivity index (χ1v) is 21.4. The fourth-order valence-electron chi connectivity index (χ4n) is 13.5. The number of hydrogen-bond donors (Lipinski definition) is 2. The topological polar surface area (TPSA) is 77.4 Å². The van der Waals surface area contributed by atoms with Gasteiger partial charge in [-0.25, -0.2) is 35.1 Å². The van der Waals surface area contributed by atoms with Crippen molar-refractivity contribution in [2.24, 2.45) is 0 Å². The van der Waals surface area contributed by atoms with Crippen LogP contribution in [0.4, 0.5) is 193 Å². The molecule has 6 nitrogen and oxygen atoms in total. The summed E-state index contributed by atoms with van der Waals surface area (Å²) in [6.07, 6.45) is -10.1. The van der Waals surface area contributed by atoms with E-state index in [2.05, 4.69) is 18.9 Å². The number of halogens is 44. The Morgan fingerprint density at radius 1 is 0.163 bits per heavy atom. The van der Waals surface area contributed by atoms with Gasteiger partial charge in [-0.05, 0) is 0 Å². The molecule has 12 saturated carbocycles. The van der Waals surface area contributed by atoms with Crippen LogP contribution in [0.3, 0.4) is 0 Å². The minimum atomic E-state index is -9.03. The van der Waals surface area contributed by atoms with Gasteiger partial charge < -0.3 is 29.2 Å². The molecule has 12 bridgehead atoms. The molecule has 0 spiro atoms. The molecule has 0 aliphatic heterocycles. The maximum atomic E-state index is 16.7. The van der Waals surface area contributed by atoms with Gasteiger partial charge in [-0.3, -0.25) is 0 Å². The molecule has 0 aromatic rings. The molecule has 0 aromatic heterocycles. The van der Waals surface area contributed by atoms with Crippen LogP contribution >= 0.6 is 0 Å². The maximum absolute atomic E-state index is 16.7. The van der Waals surface area contributed by atoms with Gasteiger partial charge in [0.25, 0.3) is 22.4 Å². The molecular weight excluding hydrogens is 1360 g/mol. The minimum absolute atomic E-state index is 2.71. The molecule has 50 heteroatoms. The van der Waals surface area contributed by atoms with E-state index in [-0.39, 0.29) is 0 Å². The van der Waals surface area contributed by atoms with E-state index in [1.54, 1.807) is 0 Å². The molecule has 12 rings (SSSR count). The lowest BCUT2D eigenvalue weighted by Crippen LogP contribution is -3.11. The standard InChI is InChI=1S/C36H12F44O6/c37-7-19(45,46)8(38)21(49,50)9(39,20(7,47)48)28(63,64)15(26(7,59)60,27(8,61)62)83-1-5(81)3-85-17-32(71,72)13(43)25(57,58)14(44,33(17,73)74)35(77,78)18(34(13,75)76,36(17,79)80)86-4-6(82)2-84-16-29(65,66)10(40)22(51,52)11(41,30(16,67)68)24(55,56)12(42,23(10,53)54)31(16,69)70/h5-6,81-82H,1-4H2. The highest BCUT2D eigenvalue weighted by Crippen LogP contribution is 2.93. The number of aliphatic hydroxyl groups is 2. The zero-order valence-electron chi connectivity index (χ0n) is 38.1. The number of hydrogen-bond acceptors (Lipinski definition) is 6. The molecule has 86 heavy (non-hydrogen) atoms. The molecule has 2 atom stereocenters. The quantitative estimate of drug-likeness (QED) is 0.190. The van der Waals surface area contributed by atoms with Gasteiger partial charge in [-0.15, -0.1) is 0 Å². The predicted octanol–water partition coefficient (Wildman–Crippen LogP) is 11.0. The van der Waals surface area contributed by atoms with Crippen molar-refractivity contribution < 1.29 is 222 Å². The highest BCUT2D eigenvalue weighted by molar-refractivity contribution is 5.58. The minimum Gasteiger partial charge on any atom is -0.388 e. The van der Waals surface area contributed by atoms with E-state index in [1.165, 1.54) is 0 Å². The highest BCUT2D eigenvalue weighted by atomic mass is 19.4. The molecule has 2 N–H and O–H groups in total. The molecule has 12 fully saturated rings. The molecule has 0 heterocycles. The van der Waals surface area contributed by atoms with Crippen LogP contribution in [0.15, 0.2) is 0 Å². The van der Waals surface area contributed by atoms with Gasteiger partial charge in [-0.2, -0.15) is 158 Å². The van der Waals surface area contributed by atoms with Gasteiger partial charge in [-0.1, -0.05) is 0 Å². The van der Waals surface area contributed by atoms with Crippen molar-refractivity contribution >= 4 is 0 Å². The van der Waals surface area contributed by atoms with Crippen molar-refractivity contribution in [3.05, 3.63) is 0 Å². The lowest BCUT2D eigenvalue weighted by Gasteiger charge is -2.76. The SMILES string of the molecule is OC(COC12C(F)(F)C3(F)C(F)(F)C(F)(C(F)(F)C(F)(C3(F)F)C1(F)F)C2(F)F)COC12C(F)(F)C3(F)C(F)(F)C(F)(C1(F)F)C(F)(F)C(OCC(O)COC14C(F)(F)C5(F)C(F)(F)C(F)(C(F)(F)C(F)(C5(F)F)C1(F)F)C4(F)F)(C3(F)F)C2(F)F. The van der Waals surface area contributed by atoms with Crippen LogP contribution < -0.4 is 0 Å². The van der Waals surface area contributed by atoms with Gasteiger partial charge in [0.1, 0.15) is 12.2 Å². The Bertz CT molecular complexity index is 2520. The molecule has 0 radical (unpaired) electrons. The summed E-state index contributed by atoms with van der Waals surface area (Å²) in [7, 11) is 0. The van der Waals surface area contributed by atoms with Gasteiger partial charge in [0.05, 0.1) is 26.4 Å². The predicted molar refractivity (Wildman–Crippen MR) is 167 cm³/mol. The maximum Gasteiger partial charge on any atom is 0.339 e. The summed E-state index contributed by atoms with van der Waals surface area (Å²) in [6, 6.07) is 0. The molecule has 12 aliphatic rings. The Labute approximate surface area is 436 Å². The Morgan fingerprint density at radius 2 is 0.256 bits per heavy atom. The summed E-state index contributed by atoms with van der Waals surface area (Å²) in [4.78, 5) is 0. The Hall–Kier alpha value is -3.32. The summed E-state index contributed by atoms with van der Waals surface area (Å²) in [5, 5.41) is 20.1. The second kappa shape index (κ2) is 14.6. The van der Waals surface area contributed by atoms with Crippen molar-refractivity contribution in [1.29, 1.82) is 0 Å². The van der Waals surface area contributed by atoms with Gasteiger partial charge in [0.15, 0.2) is 0 Å². The first-order valence-electron chi connectivity index (χ1n) is 21.4. The van der Waals surface area contributed by atoms with E-state index in [1.807, 2.05) is 0 Å². The third-order valence-corrected chi connectivity index (χ3v) is 17.7. The summed E-state index contributed by atoms with van der Waals surface area (Å²) in [5.41, 5.74) is -104. The number of ether oxygens (including phenoxy) is 4. The van der Waals surface area contributed by atoms with Crippen molar-refractivity contribution in [1.82, 2.24) is 0 Å². The van der Waals surface area contributed by atoms with E-state index in [0.29, 0.717) is 0 Å². The van der Waals surface area contributed by atoms with Gasteiger partial charge in [0, 0.05) is 0 Å². The summed E-state index contributed by atoms with van der Waals surface area (Å²) < 4.78 is 694. The van der Waals surface area contributed by atoms with Crippen LogP contribution in [0.2, 0.25) is 0 Å². The molecular formula is C36H12F44O6. The third-order valence-electron chi connectivity index (χ3n) is 17.7. The van der Waals surface area contributed by atoms with Crippen molar-refractivity contribution in [3.8, 4) is 0 Å². The van der Waals surface area contributed by atoms with E-state index in [9.17, 15) is 62.9 Å². The Morgan fingerprint density at radius 3 is 0.372 bits per heavy atom. The van der Waals surface area contributed by atoms with Crippen LogP contribution in [0, 0.1) is 0 Å². The molecule has 0 amide bonds. The Kier molecular flexibility index (Phi) is 11.4. The largest absolute Gasteiger partial charge is 0.388 e. The van der Waals surface area contributed by atoms with Crippen LogP contribution in [-0.2, 0) is 18.9 Å². The average Bonchev–Trinajstić information content (AvgIpc) is 0.608. The van der Waals surface area contributed by atoms with Crippen LogP contribution in [-0.4, -0.2) is 223 Å². The van der Waals surface area contributed by atoms with E-state index < -0.39 is 213 Å². The molecule has 0 saturated heterocycles. The molecule has 2 unspecified atom stereocenters. The fourth-order valence-corrected chi connectivity index (χ4v) is 13.5. The summed E-state index contributed by atoms with van der Waals surface area (Å²) in [5.74, 6) is -159. The summed E-state index contributed by atoms with van der Waals surface area (Å²) in [6.45, 7) is -17.1. The van der Waals surface area contributed by atoms with Crippen LogP contribution in [0.25, 0.3) is 0 Å². The third kappa shape index (κ3) is 4.31. The van der Waals surface area contributed by atoms with Crippen LogP contribution in [0.1, 0.15) is 0 Å². The van der Waals surface area contributed by atoms with Gasteiger partial charge >= 0.3 is 152 Å². The van der Waals surface area contributed by atoms with E-state index >= 15 is 140 Å². The van der Waals surface area contributed by atoms with E-state index in [0.717, 1.165) is 0 Å². The van der Waals surface area contributed by atoms with E-state index in [4.69, 9.17) is 0 Å². The van der Waals surface area contributed by atoms with Crippen molar-refractivity contribution in [2.45, 2.75) is 187 Å². The zero-order chi connectivity index (χ0) is 67.8. The molecule has 12 aliphatic carbocycles. The number of alkyl halides is 44. The van der Waals surface area contributed by atoms with Crippen molar-refractivity contribution in [3.63, 3.8) is 0 Å². The van der Waals surface area contributed by atoms with Crippen molar-refractivity contribution in [2.75, 3.05) is 26.4 Å². The lowest BCUT2D eigenvalue weighted by molar-refractivity contribution is -0.630. The lowest BCUT2D eigenvalue weighted by atomic mass is 9.39. The fraction of sp³-hybridized carbons (Fsp3) is 1.00. The monoisotopic (exact) mass is 1380 g/mol. The molecule has 500 valence electrons. The zero-order valence-corrected chi connectivity index (χ0v) is 38.1. The number of aliphatic hydroxyl groups excluding tert-OH is 2. The second-order valence-electron chi connectivity index (χ2n) is 20.9. The Balaban J connectivity index is 1.13. The molecule has 0 aromatic carbocycles. The summed E-state index contributed by atoms with van der Waals surface area (Å²) >= 11 is 0. The average molecular weight is 1380 g/mol. The van der Waals surface area contributed by atoms with Gasteiger partial charge in [0.2, 0.25) is 0 Å².